The summed E-state index contributed by atoms with van der Waals surface area (Å²) in [4.78, 5) is 38.7. The Morgan fingerprint density at radius 1 is 1.06 bits per heavy atom. The third-order valence-corrected chi connectivity index (χ3v) is 5.86. The van der Waals surface area contributed by atoms with Crippen molar-refractivity contribution in [2.45, 2.75) is 38.3 Å². The fourth-order valence-electron chi connectivity index (χ4n) is 3.83. The monoisotopic (exact) mass is 464 g/mol. The molecule has 1 aliphatic heterocycles. The molecule has 34 heavy (non-hydrogen) atoms. The van der Waals surface area contributed by atoms with Crippen LogP contribution in [0.25, 0.3) is 0 Å². The van der Waals surface area contributed by atoms with Crippen molar-refractivity contribution in [3.8, 4) is 0 Å². The summed E-state index contributed by atoms with van der Waals surface area (Å²) in [7, 11) is 0. The molecular formula is C27H32N2O5. The number of allylic oxidation sites excluding steroid dienone is 2. The van der Waals surface area contributed by atoms with Gasteiger partial charge in [-0.1, -0.05) is 79.7 Å². The van der Waals surface area contributed by atoms with Gasteiger partial charge in [-0.2, -0.15) is 0 Å². The van der Waals surface area contributed by atoms with Crippen molar-refractivity contribution in [3.63, 3.8) is 0 Å². The topological polar surface area (TPSA) is 105 Å². The molecule has 180 valence electrons. The molecule has 0 spiro atoms. The molecule has 2 aromatic rings. The van der Waals surface area contributed by atoms with Crippen molar-refractivity contribution in [1.82, 2.24) is 10.6 Å². The van der Waals surface area contributed by atoms with Crippen molar-refractivity contribution in [3.05, 3.63) is 83.9 Å². The van der Waals surface area contributed by atoms with E-state index in [1.165, 1.54) is 0 Å². The number of ether oxygens (including phenoxy) is 1. The number of aliphatic hydroxyl groups is 1. The molecule has 7 nitrogen and oxygen atoms in total. The number of benzene rings is 2. The maximum absolute atomic E-state index is 13.2. The van der Waals surface area contributed by atoms with E-state index in [2.05, 4.69) is 10.6 Å². The average molecular weight is 465 g/mol. The van der Waals surface area contributed by atoms with Crippen LogP contribution in [0.5, 0.6) is 0 Å². The summed E-state index contributed by atoms with van der Waals surface area (Å²) in [6.07, 6.45) is 4.65. The molecule has 3 rings (SSSR count). The van der Waals surface area contributed by atoms with Crippen LogP contribution in [0.15, 0.2) is 72.8 Å². The van der Waals surface area contributed by atoms with E-state index < -0.39 is 29.8 Å². The Balaban J connectivity index is 1.79. The second kappa shape index (κ2) is 12.7. The molecule has 4 atom stereocenters. The van der Waals surface area contributed by atoms with Gasteiger partial charge < -0.3 is 20.5 Å². The number of carbonyl (C=O) groups excluding carboxylic acids is 3. The SMILES string of the molecule is CC1CC=CCC(C(=O)N[C@@H](CO)c2ccccc2)C(=O)NC(Cc2ccccc2)COC1=O. The van der Waals surface area contributed by atoms with Gasteiger partial charge in [-0.25, -0.2) is 0 Å². The zero-order valence-corrected chi connectivity index (χ0v) is 19.4. The van der Waals surface area contributed by atoms with Gasteiger partial charge in [-0.15, -0.1) is 0 Å². The van der Waals surface area contributed by atoms with Crippen molar-refractivity contribution in [2.75, 3.05) is 13.2 Å². The first-order chi connectivity index (χ1) is 16.5. The number of amides is 2. The molecule has 2 aromatic carbocycles. The molecule has 0 aliphatic carbocycles. The Morgan fingerprint density at radius 2 is 1.71 bits per heavy atom. The van der Waals surface area contributed by atoms with Crippen molar-refractivity contribution in [1.29, 1.82) is 0 Å². The van der Waals surface area contributed by atoms with Crippen molar-refractivity contribution < 1.29 is 24.2 Å². The van der Waals surface area contributed by atoms with E-state index in [4.69, 9.17) is 4.74 Å². The number of nitrogens with one attached hydrogen (secondary N) is 2. The van der Waals surface area contributed by atoms with Gasteiger partial charge in [-0.3, -0.25) is 14.4 Å². The molecule has 0 saturated carbocycles. The summed E-state index contributed by atoms with van der Waals surface area (Å²) in [5.41, 5.74) is 1.74. The van der Waals surface area contributed by atoms with E-state index in [-0.39, 0.29) is 31.5 Å². The summed E-state index contributed by atoms with van der Waals surface area (Å²) < 4.78 is 5.47. The van der Waals surface area contributed by atoms with Crippen molar-refractivity contribution in [2.24, 2.45) is 11.8 Å². The van der Waals surface area contributed by atoms with Gasteiger partial charge in [0, 0.05) is 0 Å². The largest absolute Gasteiger partial charge is 0.463 e. The number of hydrogen-bond acceptors (Lipinski definition) is 5. The van der Waals surface area contributed by atoms with Crippen LogP contribution in [0, 0.1) is 11.8 Å². The lowest BCUT2D eigenvalue weighted by molar-refractivity contribution is -0.149. The van der Waals surface area contributed by atoms with Crippen LogP contribution in [0.3, 0.4) is 0 Å². The normalized spacial score (nSPS) is 22.5. The Kier molecular flexibility index (Phi) is 9.40. The number of cyclic esters (lactones) is 1. The van der Waals surface area contributed by atoms with Crippen LogP contribution in [0.2, 0.25) is 0 Å². The van der Waals surface area contributed by atoms with Crippen LogP contribution in [-0.4, -0.2) is 42.1 Å². The molecule has 0 fully saturated rings. The highest BCUT2D eigenvalue weighted by Crippen LogP contribution is 2.16. The van der Waals surface area contributed by atoms with Gasteiger partial charge in [-0.05, 0) is 30.4 Å². The number of hydrogen-bond donors (Lipinski definition) is 3. The number of carbonyl (C=O) groups is 3. The number of aliphatic hydroxyl groups excluding tert-OH is 1. The van der Waals surface area contributed by atoms with Gasteiger partial charge in [0.25, 0.3) is 0 Å². The summed E-state index contributed by atoms with van der Waals surface area (Å²) >= 11 is 0. The minimum Gasteiger partial charge on any atom is -0.463 e. The lowest BCUT2D eigenvalue weighted by Gasteiger charge is -2.25. The van der Waals surface area contributed by atoms with Crippen LogP contribution in [-0.2, 0) is 25.5 Å². The average Bonchev–Trinajstić information content (AvgIpc) is 2.85. The predicted octanol–water partition coefficient (Wildman–Crippen LogP) is 2.71. The summed E-state index contributed by atoms with van der Waals surface area (Å²) in [6.45, 7) is 1.52. The van der Waals surface area contributed by atoms with Gasteiger partial charge >= 0.3 is 5.97 Å². The molecular weight excluding hydrogens is 432 g/mol. The second-order valence-electron chi connectivity index (χ2n) is 8.58. The minimum absolute atomic E-state index is 0.0190. The lowest BCUT2D eigenvalue weighted by Crippen LogP contribution is -2.48. The van der Waals surface area contributed by atoms with Crippen LogP contribution in [0.4, 0.5) is 0 Å². The lowest BCUT2D eigenvalue weighted by atomic mass is 9.98. The van der Waals surface area contributed by atoms with Crippen molar-refractivity contribution >= 4 is 17.8 Å². The Labute approximate surface area is 200 Å². The van der Waals surface area contributed by atoms with E-state index in [1.807, 2.05) is 60.7 Å². The van der Waals surface area contributed by atoms with E-state index in [1.54, 1.807) is 19.1 Å². The summed E-state index contributed by atoms with van der Waals surface area (Å²) in [6, 6.07) is 17.6. The third-order valence-electron chi connectivity index (χ3n) is 5.86. The molecule has 3 N–H and O–H groups in total. The highest BCUT2D eigenvalue weighted by molar-refractivity contribution is 6.00. The van der Waals surface area contributed by atoms with E-state index in [0.29, 0.717) is 12.8 Å². The van der Waals surface area contributed by atoms with Crippen LogP contribution >= 0.6 is 0 Å². The van der Waals surface area contributed by atoms with Crippen LogP contribution in [0.1, 0.15) is 36.9 Å². The van der Waals surface area contributed by atoms with Gasteiger partial charge in [0.15, 0.2) is 0 Å². The van der Waals surface area contributed by atoms with Gasteiger partial charge in [0.1, 0.15) is 12.5 Å². The fraction of sp³-hybridized carbons (Fsp3) is 0.370. The molecule has 1 heterocycles. The standard InChI is InChI=1S/C27H32N2O5/c1-19-10-8-9-15-23(26(32)29-24(17-30)21-13-6-3-7-14-21)25(31)28-22(18-34-27(19)33)16-20-11-4-2-5-12-20/h2-9,11-14,19,22-24,30H,10,15-18H2,1H3,(H,28,31)(H,29,32)/t19?,22?,23?,24-/m0/s1. The second-order valence-corrected chi connectivity index (χ2v) is 8.58. The van der Waals surface area contributed by atoms with E-state index in [0.717, 1.165) is 11.1 Å². The Morgan fingerprint density at radius 3 is 2.38 bits per heavy atom. The summed E-state index contributed by atoms with van der Waals surface area (Å²) in [5.74, 6) is -2.55. The van der Waals surface area contributed by atoms with Gasteiger partial charge in [0.2, 0.25) is 11.8 Å². The smallest absolute Gasteiger partial charge is 0.309 e. The highest BCUT2D eigenvalue weighted by atomic mass is 16.5. The first-order valence-corrected chi connectivity index (χ1v) is 11.6. The first-order valence-electron chi connectivity index (χ1n) is 11.6. The third kappa shape index (κ3) is 7.28. The minimum atomic E-state index is -0.988. The van der Waals surface area contributed by atoms with E-state index in [9.17, 15) is 19.5 Å². The molecule has 3 unspecified atom stereocenters. The molecule has 1 aliphatic rings. The maximum atomic E-state index is 13.2. The Hall–Kier alpha value is -3.45. The molecule has 0 aromatic heterocycles. The highest BCUT2D eigenvalue weighted by Gasteiger charge is 2.30. The summed E-state index contributed by atoms with van der Waals surface area (Å²) in [5, 5.41) is 15.5. The fourth-order valence-corrected chi connectivity index (χ4v) is 3.83. The predicted molar refractivity (Wildman–Crippen MR) is 128 cm³/mol. The number of rotatable bonds is 6. The molecule has 0 bridgehead atoms. The zero-order valence-electron chi connectivity index (χ0n) is 19.4. The van der Waals surface area contributed by atoms with Gasteiger partial charge in [0.05, 0.1) is 24.6 Å². The van der Waals surface area contributed by atoms with Crippen LogP contribution < -0.4 is 10.6 Å². The quantitative estimate of drug-likeness (QED) is 0.346. The first kappa shape index (κ1) is 25.2. The Bertz CT molecular complexity index is 977. The zero-order chi connectivity index (χ0) is 24.3. The van der Waals surface area contributed by atoms with E-state index >= 15 is 0 Å². The molecule has 0 radical (unpaired) electrons. The molecule has 0 saturated heterocycles. The number of esters is 1. The molecule has 7 heteroatoms. The maximum Gasteiger partial charge on any atom is 0.309 e. The molecule has 2 amide bonds.